The summed E-state index contributed by atoms with van der Waals surface area (Å²) in [5, 5.41) is 8.78. The number of carbonyl (C=O) groups is 2. The van der Waals surface area contributed by atoms with E-state index in [4.69, 9.17) is 5.11 Å². The third-order valence-corrected chi connectivity index (χ3v) is 4.12. The van der Waals surface area contributed by atoms with E-state index < -0.39 is 5.97 Å². The lowest BCUT2D eigenvalue weighted by atomic mass is 9.96. The first-order valence-corrected chi connectivity index (χ1v) is 6.39. The van der Waals surface area contributed by atoms with E-state index in [0.29, 0.717) is 5.91 Å². The highest BCUT2D eigenvalue weighted by atomic mass is 16.4. The van der Waals surface area contributed by atoms with E-state index in [1.165, 1.54) is 6.08 Å². The van der Waals surface area contributed by atoms with Gasteiger partial charge in [0.2, 0.25) is 5.91 Å². The second-order valence-electron chi connectivity index (χ2n) is 5.45. The van der Waals surface area contributed by atoms with Crippen LogP contribution in [0.5, 0.6) is 0 Å². The number of amides is 1. The van der Waals surface area contributed by atoms with Crippen LogP contribution in [-0.2, 0) is 9.59 Å². The maximum Gasteiger partial charge on any atom is 0.328 e. The summed E-state index contributed by atoms with van der Waals surface area (Å²) in [5.41, 5.74) is 1.00. The van der Waals surface area contributed by atoms with E-state index in [2.05, 4.69) is 4.90 Å². The number of fused-ring (bicyclic) bond motifs is 2. The van der Waals surface area contributed by atoms with Crippen LogP contribution >= 0.6 is 0 Å². The molecule has 2 saturated heterocycles. The molecule has 2 atom stereocenters. The number of nitrogens with zero attached hydrogens (tertiary/aromatic N) is 1. The first kappa shape index (κ1) is 10.8. The second kappa shape index (κ2) is 3.86. The Bertz CT molecular complexity index is 381. The van der Waals surface area contributed by atoms with Gasteiger partial charge in [0.25, 0.3) is 0 Å². The predicted molar refractivity (Wildman–Crippen MR) is 61.3 cm³/mol. The Morgan fingerprint density at radius 3 is 2.18 bits per heavy atom. The van der Waals surface area contributed by atoms with E-state index in [9.17, 15) is 9.59 Å². The monoisotopic (exact) mass is 235 g/mol. The highest BCUT2D eigenvalue weighted by molar-refractivity contribution is 5.83. The Hall–Kier alpha value is -1.32. The Labute approximate surface area is 100 Å². The van der Waals surface area contributed by atoms with Gasteiger partial charge >= 0.3 is 5.97 Å². The van der Waals surface area contributed by atoms with Gasteiger partial charge in [0.1, 0.15) is 0 Å². The van der Waals surface area contributed by atoms with Gasteiger partial charge in [-0.1, -0.05) is 5.57 Å². The minimum absolute atomic E-state index is 0.271. The van der Waals surface area contributed by atoms with E-state index in [0.717, 1.165) is 44.1 Å². The molecular formula is C13H17NO3. The van der Waals surface area contributed by atoms with Gasteiger partial charge in [-0.15, -0.1) is 0 Å². The zero-order valence-corrected chi connectivity index (χ0v) is 9.76. The van der Waals surface area contributed by atoms with Crippen molar-refractivity contribution >= 4 is 11.9 Å². The molecule has 1 saturated carbocycles. The van der Waals surface area contributed by atoms with Crippen molar-refractivity contribution in [1.82, 2.24) is 4.90 Å². The van der Waals surface area contributed by atoms with Gasteiger partial charge in [0.15, 0.2) is 0 Å². The Balaban J connectivity index is 1.75. The van der Waals surface area contributed by atoms with Crippen molar-refractivity contribution < 1.29 is 14.7 Å². The molecule has 1 amide bonds. The summed E-state index contributed by atoms with van der Waals surface area (Å²) >= 11 is 0. The van der Waals surface area contributed by atoms with Gasteiger partial charge < -0.3 is 10.0 Å². The number of carbonyl (C=O) groups excluding carboxylic acids is 1. The minimum atomic E-state index is -0.860. The second-order valence-corrected chi connectivity index (χ2v) is 5.45. The molecule has 17 heavy (non-hydrogen) atoms. The van der Waals surface area contributed by atoms with E-state index >= 15 is 0 Å². The lowest BCUT2D eigenvalue weighted by molar-refractivity contribution is -0.136. The normalized spacial score (nSPS) is 31.5. The van der Waals surface area contributed by atoms with Crippen LogP contribution in [-0.4, -0.2) is 34.0 Å². The number of carboxylic acid groups (broad SMARTS) is 1. The van der Waals surface area contributed by atoms with Crippen LogP contribution in [0.25, 0.3) is 0 Å². The number of rotatable bonds is 2. The molecule has 1 N–H and O–H groups in total. The number of hydrogen-bond acceptors (Lipinski definition) is 2. The smallest absolute Gasteiger partial charge is 0.328 e. The van der Waals surface area contributed by atoms with Gasteiger partial charge in [-0.05, 0) is 38.5 Å². The van der Waals surface area contributed by atoms with Gasteiger partial charge in [0, 0.05) is 24.1 Å². The van der Waals surface area contributed by atoms with Crippen molar-refractivity contribution in [3.05, 3.63) is 11.6 Å². The third-order valence-electron chi connectivity index (χ3n) is 4.12. The predicted octanol–water partition coefficient (Wildman–Crippen LogP) is 1.56. The van der Waals surface area contributed by atoms with E-state index in [-0.39, 0.29) is 18.0 Å². The molecule has 0 radical (unpaired) electrons. The average molecular weight is 235 g/mol. The number of piperidine rings is 1. The van der Waals surface area contributed by atoms with Crippen LogP contribution < -0.4 is 0 Å². The van der Waals surface area contributed by atoms with Gasteiger partial charge in [0.05, 0.1) is 0 Å². The number of hydrogen-bond donors (Lipinski definition) is 1. The first-order valence-electron chi connectivity index (χ1n) is 6.39. The van der Waals surface area contributed by atoms with E-state index in [1.54, 1.807) is 0 Å². The molecule has 3 aliphatic rings. The lowest BCUT2D eigenvalue weighted by Crippen LogP contribution is -2.45. The molecule has 0 aromatic rings. The van der Waals surface area contributed by atoms with Crippen LogP contribution in [0.15, 0.2) is 11.6 Å². The third kappa shape index (κ3) is 1.96. The molecule has 92 valence electrons. The van der Waals surface area contributed by atoms with Crippen molar-refractivity contribution in [2.45, 2.75) is 50.6 Å². The van der Waals surface area contributed by atoms with Crippen molar-refractivity contribution in [2.24, 2.45) is 5.92 Å². The molecule has 3 fully saturated rings. The van der Waals surface area contributed by atoms with Gasteiger partial charge in [-0.2, -0.15) is 0 Å². The fraction of sp³-hybridized carbons (Fsp3) is 0.692. The van der Waals surface area contributed by atoms with Crippen molar-refractivity contribution in [3.8, 4) is 0 Å². The number of aliphatic carboxylic acids is 1. The largest absolute Gasteiger partial charge is 0.478 e. The standard InChI is InChI=1S/C13H17NO3/c15-12(16)7-8-5-10-3-4-11(6-8)14(10)13(17)9-1-2-9/h7,9-11H,1-6H2,(H,15,16). The topological polar surface area (TPSA) is 57.6 Å². The molecule has 2 heterocycles. The Kier molecular flexibility index (Phi) is 2.45. The molecule has 4 nitrogen and oxygen atoms in total. The highest BCUT2D eigenvalue weighted by Crippen LogP contribution is 2.42. The average Bonchev–Trinajstić information content (AvgIpc) is 3.04. The molecule has 0 aromatic carbocycles. The maximum atomic E-state index is 12.1. The lowest BCUT2D eigenvalue weighted by Gasteiger charge is -2.36. The maximum absolute atomic E-state index is 12.1. The SMILES string of the molecule is O=C(O)C=C1CC2CCC(C1)N2C(=O)C1CC1. The van der Waals surface area contributed by atoms with Crippen LogP contribution in [0.1, 0.15) is 38.5 Å². The van der Waals surface area contributed by atoms with Crippen LogP contribution in [0.2, 0.25) is 0 Å². The first-order chi connectivity index (χ1) is 8.15. The molecule has 2 unspecified atom stereocenters. The molecule has 3 rings (SSSR count). The summed E-state index contributed by atoms with van der Waals surface area (Å²) in [6.45, 7) is 0. The van der Waals surface area contributed by atoms with Crippen molar-refractivity contribution in [2.75, 3.05) is 0 Å². The molecule has 1 aliphatic carbocycles. The summed E-state index contributed by atoms with van der Waals surface area (Å²) in [7, 11) is 0. The van der Waals surface area contributed by atoms with Gasteiger partial charge in [-0.3, -0.25) is 4.79 Å². The Morgan fingerprint density at radius 2 is 1.71 bits per heavy atom. The summed E-state index contributed by atoms with van der Waals surface area (Å²) < 4.78 is 0. The highest BCUT2D eigenvalue weighted by Gasteiger charge is 2.45. The van der Waals surface area contributed by atoms with E-state index in [1.807, 2.05) is 0 Å². The fourth-order valence-corrected chi connectivity index (χ4v) is 3.24. The Morgan fingerprint density at radius 1 is 1.12 bits per heavy atom. The summed E-state index contributed by atoms with van der Waals surface area (Å²) in [4.78, 5) is 24.9. The van der Waals surface area contributed by atoms with Gasteiger partial charge in [-0.25, -0.2) is 4.79 Å². The molecule has 2 bridgehead atoms. The molecule has 4 heteroatoms. The minimum Gasteiger partial charge on any atom is -0.478 e. The summed E-state index contributed by atoms with van der Waals surface area (Å²) in [6, 6.07) is 0.542. The summed E-state index contributed by atoms with van der Waals surface area (Å²) in [6.07, 6.45) is 7.05. The molecular weight excluding hydrogens is 218 g/mol. The zero-order chi connectivity index (χ0) is 12.0. The van der Waals surface area contributed by atoms with Crippen molar-refractivity contribution in [1.29, 1.82) is 0 Å². The van der Waals surface area contributed by atoms with Crippen molar-refractivity contribution in [3.63, 3.8) is 0 Å². The molecule has 2 aliphatic heterocycles. The van der Waals surface area contributed by atoms with Crippen LogP contribution in [0.3, 0.4) is 0 Å². The molecule has 0 aromatic heterocycles. The van der Waals surface area contributed by atoms with Crippen LogP contribution in [0, 0.1) is 5.92 Å². The summed E-state index contributed by atoms with van der Waals surface area (Å²) in [5.74, 6) is -0.253. The fourth-order valence-electron chi connectivity index (χ4n) is 3.24. The quantitative estimate of drug-likeness (QED) is 0.739. The zero-order valence-electron chi connectivity index (χ0n) is 9.76. The van der Waals surface area contributed by atoms with Crippen LogP contribution in [0.4, 0.5) is 0 Å². The molecule has 0 spiro atoms. The number of carboxylic acids is 1.